The minimum Gasteiger partial charge on any atom is -0.457 e. The van der Waals surface area contributed by atoms with E-state index in [0.717, 1.165) is 5.75 Å². The number of nitrogens with one attached hydrogen (secondary N) is 3. The van der Waals surface area contributed by atoms with Crippen molar-refractivity contribution in [1.82, 2.24) is 10.6 Å². The van der Waals surface area contributed by atoms with Crippen LogP contribution in [0.15, 0.2) is 54.6 Å². The van der Waals surface area contributed by atoms with E-state index in [0.29, 0.717) is 11.4 Å². The van der Waals surface area contributed by atoms with E-state index >= 15 is 0 Å². The van der Waals surface area contributed by atoms with Crippen LogP contribution >= 0.6 is 0 Å². The zero-order valence-corrected chi connectivity index (χ0v) is 12.1. The molecule has 3 N–H and O–H groups in total. The average molecular weight is 299 g/mol. The van der Waals surface area contributed by atoms with Gasteiger partial charge in [-0.15, -0.1) is 0 Å². The van der Waals surface area contributed by atoms with Gasteiger partial charge < -0.3 is 20.7 Å². The first-order chi connectivity index (χ1) is 10.7. The molecule has 0 bridgehead atoms. The molecule has 2 rings (SSSR count). The van der Waals surface area contributed by atoms with Gasteiger partial charge in [-0.3, -0.25) is 4.79 Å². The zero-order valence-electron chi connectivity index (χ0n) is 12.1. The molecule has 3 amide bonds. The molecular formula is C16H17N3O3. The highest BCUT2D eigenvalue weighted by Crippen LogP contribution is 2.22. The molecule has 114 valence electrons. The molecule has 0 fully saturated rings. The summed E-state index contributed by atoms with van der Waals surface area (Å²) in [5.41, 5.74) is 0.606. The van der Waals surface area contributed by atoms with Crippen molar-refractivity contribution < 1.29 is 14.3 Å². The van der Waals surface area contributed by atoms with Gasteiger partial charge in [-0.25, -0.2) is 4.79 Å². The molecule has 2 aromatic rings. The predicted molar refractivity (Wildman–Crippen MR) is 84.0 cm³/mol. The number of likely N-dealkylation sites (N-methyl/N-ethyl adjacent to an activating group) is 1. The van der Waals surface area contributed by atoms with E-state index in [1.54, 1.807) is 24.3 Å². The molecule has 0 saturated carbocycles. The molecular weight excluding hydrogens is 282 g/mol. The van der Waals surface area contributed by atoms with Crippen molar-refractivity contribution in [2.75, 3.05) is 18.9 Å². The van der Waals surface area contributed by atoms with Crippen molar-refractivity contribution in [3.05, 3.63) is 54.6 Å². The molecule has 0 aliphatic carbocycles. The molecule has 0 unspecified atom stereocenters. The maximum Gasteiger partial charge on any atom is 0.319 e. The number of para-hydroxylation sites is 1. The van der Waals surface area contributed by atoms with Crippen LogP contribution in [0.25, 0.3) is 0 Å². The first-order valence-corrected chi connectivity index (χ1v) is 6.76. The highest BCUT2D eigenvalue weighted by molar-refractivity contribution is 5.92. The molecule has 2 aromatic carbocycles. The zero-order chi connectivity index (χ0) is 15.8. The molecule has 6 heteroatoms. The quantitative estimate of drug-likeness (QED) is 0.793. The topological polar surface area (TPSA) is 79.5 Å². The number of urea groups is 1. The van der Waals surface area contributed by atoms with Gasteiger partial charge in [0.2, 0.25) is 5.91 Å². The van der Waals surface area contributed by atoms with Gasteiger partial charge >= 0.3 is 6.03 Å². The Kier molecular flexibility index (Phi) is 5.37. The maximum absolute atomic E-state index is 11.6. The molecule has 6 nitrogen and oxygen atoms in total. The van der Waals surface area contributed by atoms with E-state index in [1.807, 2.05) is 30.3 Å². The highest BCUT2D eigenvalue weighted by Gasteiger charge is 2.04. The Labute approximate surface area is 128 Å². The Bertz CT molecular complexity index is 627. The number of carbonyl (C=O) groups excluding carboxylic acids is 2. The van der Waals surface area contributed by atoms with Gasteiger partial charge in [-0.05, 0) is 36.4 Å². The van der Waals surface area contributed by atoms with E-state index in [1.165, 1.54) is 7.05 Å². The van der Waals surface area contributed by atoms with Crippen molar-refractivity contribution in [3.8, 4) is 11.5 Å². The molecule has 0 atom stereocenters. The highest BCUT2D eigenvalue weighted by atomic mass is 16.5. The van der Waals surface area contributed by atoms with Crippen molar-refractivity contribution in [1.29, 1.82) is 0 Å². The molecule has 0 spiro atoms. The lowest BCUT2D eigenvalue weighted by atomic mass is 10.3. The lowest BCUT2D eigenvalue weighted by molar-refractivity contribution is -0.119. The number of benzene rings is 2. The smallest absolute Gasteiger partial charge is 0.319 e. The van der Waals surface area contributed by atoms with Gasteiger partial charge in [0.15, 0.2) is 0 Å². The lowest BCUT2D eigenvalue weighted by Gasteiger charge is -2.09. The second kappa shape index (κ2) is 7.68. The van der Waals surface area contributed by atoms with Crippen LogP contribution in [0.5, 0.6) is 11.5 Å². The molecule has 0 aromatic heterocycles. The largest absolute Gasteiger partial charge is 0.457 e. The summed E-state index contributed by atoms with van der Waals surface area (Å²) in [6, 6.07) is 15.9. The summed E-state index contributed by atoms with van der Waals surface area (Å²) in [5.74, 6) is 1.15. The summed E-state index contributed by atoms with van der Waals surface area (Å²) >= 11 is 0. The molecule has 0 radical (unpaired) electrons. The fourth-order valence-corrected chi connectivity index (χ4v) is 1.66. The van der Waals surface area contributed by atoms with Crippen molar-refractivity contribution in [2.45, 2.75) is 0 Å². The predicted octanol–water partition coefficient (Wildman–Crippen LogP) is 2.35. The van der Waals surface area contributed by atoms with E-state index in [-0.39, 0.29) is 12.5 Å². The van der Waals surface area contributed by atoms with Gasteiger partial charge in [0.1, 0.15) is 11.5 Å². The Balaban J connectivity index is 1.86. The van der Waals surface area contributed by atoms with Crippen molar-refractivity contribution in [3.63, 3.8) is 0 Å². The van der Waals surface area contributed by atoms with Gasteiger partial charge in [0, 0.05) is 12.7 Å². The summed E-state index contributed by atoms with van der Waals surface area (Å²) in [4.78, 5) is 22.6. The lowest BCUT2D eigenvalue weighted by Crippen LogP contribution is -2.37. The van der Waals surface area contributed by atoms with E-state index in [9.17, 15) is 9.59 Å². The third-order valence-electron chi connectivity index (χ3n) is 2.78. The first-order valence-electron chi connectivity index (χ1n) is 6.76. The third-order valence-corrected chi connectivity index (χ3v) is 2.78. The molecule has 0 aliphatic heterocycles. The van der Waals surface area contributed by atoms with E-state index in [2.05, 4.69) is 16.0 Å². The van der Waals surface area contributed by atoms with Gasteiger partial charge in [0.25, 0.3) is 0 Å². The summed E-state index contributed by atoms with van der Waals surface area (Å²) in [6.07, 6.45) is 0. The van der Waals surface area contributed by atoms with Gasteiger partial charge in [0.05, 0.1) is 6.54 Å². The fourth-order valence-electron chi connectivity index (χ4n) is 1.66. The fraction of sp³-hybridized carbons (Fsp3) is 0.125. The Morgan fingerprint density at radius 2 is 1.59 bits per heavy atom. The van der Waals surface area contributed by atoms with Gasteiger partial charge in [-0.2, -0.15) is 0 Å². The number of anilines is 1. The van der Waals surface area contributed by atoms with Crippen LogP contribution < -0.4 is 20.7 Å². The third kappa shape index (κ3) is 4.82. The van der Waals surface area contributed by atoms with E-state index < -0.39 is 6.03 Å². The summed E-state index contributed by atoms with van der Waals surface area (Å²) in [7, 11) is 1.51. The first kappa shape index (κ1) is 15.4. The molecule has 0 saturated heterocycles. The van der Waals surface area contributed by atoms with Crippen LogP contribution in [0.2, 0.25) is 0 Å². The standard InChI is InChI=1S/C16H17N3O3/c1-17-15(20)11-18-16(21)19-12-7-9-14(10-8-12)22-13-5-3-2-4-6-13/h2-10H,11H2,1H3,(H,17,20)(H2,18,19,21). The summed E-state index contributed by atoms with van der Waals surface area (Å²) in [6.45, 7) is -0.0719. The van der Waals surface area contributed by atoms with Crippen molar-refractivity contribution >= 4 is 17.6 Å². The average Bonchev–Trinajstić information content (AvgIpc) is 2.55. The second-order valence-electron chi connectivity index (χ2n) is 4.42. The monoisotopic (exact) mass is 299 g/mol. The SMILES string of the molecule is CNC(=O)CNC(=O)Nc1ccc(Oc2ccccc2)cc1. The Morgan fingerprint density at radius 3 is 2.23 bits per heavy atom. The van der Waals surface area contributed by atoms with Crippen LogP contribution in [-0.2, 0) is 4.79 Å². The normalized spacial score (nSPS) is 9.68. The Hall–Kier alpha value is -3.02. The molecule has 0 heterocycles. The number of hydrogen-bond donors (Lipinski definition) is 3. The minimum atomic E-state index is -0.444. The number of amides is 3. The van der Waals surface area contributed by atoms with Crippen LogP contribution in [0.4, 0.5) is 10.5 Å². The van der Waals surface area contributed by atoms with Crippen LogP contribution in [-0.4, -0.2) is 25.5 Å². The molecule has 22 heavy (non-hydrogen) atoms. The minimum absolute atomic E-state index is 0.0719. The summed E-state index contributed by atoms with van der Waals surface area (Å²) in [5, 5.41) is 7.49. The molecule has 0 aliphatic rings. The number of carbonyl (C=O) groups is 2. The van der Waals surface area contributed by atoms with E-state index in [4.69, 9.17) is 4.74 Å². The van der Waals surface area contributed by atoms with Crippen LogP contribution in [0.1, 0.15) is 0 Å². The second-order valence-corrected chi connectivity index (χ2v) is 4.42. The van der Waals surface area contributed by atoms with Crippen LogP contribution in [0, 0.1) is 0 Å². The van der Waals surface area contributed by atoms with Crippen LogP contribution in [0.3, 0.4) is 0 Å². The van der Waals surface area contributed by atoms with Crippen molar-refractivity contribution in [2.24, 2.45) is 0 Å². The number of hydrogen-bond acceptors (Lipinski definition) is 3. The summed E-state index contributed by atoms with van der Waals surface area (Å²) < 4.78 is 5.65. The Morgan fingerprint density at radius 1 is 0.955 bits per heavy atom. The van der Waals surface area contributed by atoms with Gasteiger partial charge in [-0.1, -0.05) is 18.2 Å². The maximum atomic E-state index is 11.6. The number of ether oxygens (including phenoxy) is 1. The number of rotatable bonds is 5.